The predicted octanol–water partition coefficient (Wildman–Crippen LogP) is 6.41. The summed E-state index contributed by atoms with van der Waals surface area (Å²) in [7, 11) is 0. The molecule has 0 spiro atoms. The van der Waals surface area contributed by atoms with Gasteiger partial charge in [-0.15, -0.1) is 0 Å². The van der Waals surface area contributed by atoms with Gasteiger partial charge in [0.05, 0.1) is 21.4 Å². The molecular formula is C22H15Br3ClN3O3. The topological polar surface area (TPSA) is 79.8 Å². The van der Waals surface area contributed by atoms with Crippen LogP contribution in [0.15, 0.2) is 79.2 Å². The van der Waals surface area contributed by atoms with Crippen molar-refractivity contribution >= 4 is 83.1 Å². The molecule has 6 nitrogen and oxygen atoms in total. The summed E-state index contributed by atoms with van der Waals surface area (Å²) in [6, 6.07) is 17.3. The molecule has 0 unspecified atom stereocenters. The molecule has 2 amide bonds. The molecule has 0 aromatic heterocycles. The van der Waals surface area contributed by atoms with E-state index in [0.29, 0.717) is 32.1 Å². The summed E-state index contributed by atoms with van der Waals surface area (Å²) in [6.07, 6.45) is 1.44. The molecule has 0 heterocycles. The van der Waals surface area contributed by atoms with Gasteiger partial charge in [-0.3, -0.25) is 9.59 Å². The summed E-state index contributed by atoms with van der Waals surface area (Å²) in [6.45, 7) is -0.252. The Morgan fingerprint density at radius 3 is 2.44 bits per heavy atom. The van der Waals surface area contributed by atoms with E-state index in [2.05, 4.69) is 63.6 Å². The van der Waals surface area contributed by atoms with Crippen LogP contribution in [0.4, 0.5) is 5.69 Å². The lowest BCUT2D eigenvalue weighted by Gasteiger charge is -2.12. The average Bonchev–Trinajstić information content (AvgIpc) is 2.75. The van der Waals surface area contributed by atoms with Gasteiger partial charge in [0.1, 0.15) is 5.75 Å². The van der Waals surface area contributed by atoms with Gasteiger partial charge in [0, 0.05) is 20.1 Å². The van der Waals surface area contributed by atoms with Gasteiger partial charge < -0.3 is 10.1 Å². The van der Waals surface area contributed by atoms with Gasteiger partial charge in [-0.25, -0.2) is 5.43 Å². The minimum absolute atomic E-state index is 0.252. The number of benzene rings is 3. The zero-order chi connectivity index (χ0) is 23.1. The highest BCUT2D eigenvalue weighted by Crippen LogP contribution is 2.32. The van der Waals surface area contributed by atoms with Crippen molar-refractivity contribution in [3.05, 3.63) is 90.2 Å². The van der Waals surface area contributed by atoms with Crippen LogP contribution in [0.2, 0.25) is 5.02 Å². The molecule has 3 rings (SSSR count). The van der Waals surface area contributed by atoms with Crippen molar-refractivity contribution in [3.8, 4) is 5.75 Å². The molecule has 164 valence electrons. The fourth-order valence-electron chi connectivity index (χ4n) is 2.54. The number of amides is 2. The summed E-state index contributed by atoms with van der Waals surface area (Å²) in [5, 5.41) is 7.14. The van der Waals surface area contributed by atoms with E-state index in [1.54, 1.807) is 60.7 Å². The predicted molar refractivity (Wildman–Crippen MR) is 137 cm³/mol. The number of para-hydroxylation sites is 1. The summed E-state index contributed by atoms with van der Waals surface area (Å²) >= 11 is 16.2. The Balaban J connectivity index is 1.68. The third-order valence-electron chi connectivity index (χ3n) is 4.01. The second-order valence-electron chi connectivity index (χ2n) is 6.33. The van der Waals surface area contributed by atoms with Crippen molar-refractivity contribution in [1.29, 1.82) is 0 Å². The van der Waals surface area contributed by atoms with Gasteiger partial charge in [0.15, 0.2) is 6.61 Å². The van der Waals surface area contributed by atoms with Crippen molar-refractivity contribution in [3.63, 3.8) is 0 Å². The number of rotatable bonds is 7. The maximum atomic E-state index is 12.3. The van der Waals surface area contributed by atoms with Crippen molar-refractivity contribution in [2.45, 2.75) is 0 Å². The molecule has 3 aromatic carbocycles. The van der Waals surface area contributed by atoms with Crippen LogP contribution in [-0.2, 0) is 4.79 Å². The Morgan fingerprint density at radius 1 is 1.00 bits per heavy atom. The minimum Gasteiger partial charge on any atom is -0.482 e. The van der Waals surface area contributed by atoms with Crippen LogP contribution in [0, 0.1) is 0 Å². The zero-order valence-corrected chi connectivity index (χ0v) is 21.8. The molecule has 0 radical (unpaired) electrons. The average molecular weight is 645 g/mol. The number of anilines is 1. The Kier molecular flexibility index (Phi) is 8.86. The highest BCUT2D eigenvalue weighted by molar-refractivity contribution is 9.11. The van der Waals surface area contributed by atoms with Crippen molar-refractivity contribution in [2.24, 2.45) is 5.10 Å². The Hall–Kier alpha value is -2.20. The van der Waals surface area contributed by atoms with Crippen molar-refractivity contribution in [2.75, 3.05) is 11.9 Å². The Morgan fingerprint density at radius 2 is 1.72 bits per heavy atom. The molecule has 0 atom stereocenters. The third kappa shape index (κ3) is 6.90. The Labute approximate surface area is 214 Å². The van der Waals surface area contributed by atoms with Gasteiger partial charge in [0.2, 0.25) is 0 Å². The van der Waals surface area contributed by atoms with E-state index in [1.807, 2.05) is 0 Å². The largest absolute Gasteiger partial charge is 0.482 e. The SMILES string of the molecule is O=C(COc1c(Br)cc(Br)cc1/C=N/NC(=O)c1ccc(Br)cc1)Nc1ccccc1Cl. The van der Waals surface area contributed by atoms with E-state index in [4.69, 9.17) is 16.3 Å². The summed E-state index contributed by atoms with van der Waals surface area (Å²) < 4.78 is 7.96. The molecule has 0 saturated heterocycles. The van der Waals surface area contributed by atoms with E-state index in [-0.39, 0.29) is 18.4 Å². The molecule has 10 heteroatoms. The normalized spacial score (nSPS) is 10.8. The first kappa shape index (κ1) is 24.4. The molecule has 2 N–H and O–H groups in total. The molecule has 0 aliphatic carbocycles. The number of ether oxygens (including phenoxy) is 1. The monoisotopic (exact) mass is 641 g/mol. The standard InChI is InChI=1S/C22H15Br3ClN3O3/c23-15-7-5-13(6-8-15)22(31)29-27-11-14-9-16(24)10-17(25)21(14)32-12-20(30)28-19-4-2-1-3-18(19)26/h1-11H,12H2,(H,28,30)(H,29,31)/b27-11+. The molecule has 0 aliphatic rings. The lowest BCUT2D eigenvalue weighted by molar-refractivity contribution is -0.118. The fraction of sp³-hybridized carbons (Fsp3) is 0.0455. The first-order valence-corrected chi connectivity index (χ1v) is 11.8. The van der Waals surface area contributed by atoms with E-state index < -0.39 is 0 Å². The number of nitrogens with zero attached hydrogens (tertiary/aromatic N) is 1. The molecular weight excluding hydrogens is 629 g/mol. The van der Waals surface area contributed by atoms with Crippen LogP contribution >= 0.6 is 59.4 Å². The molecule has 0 saturated carbocycles. The smallest absolute Gasteiger partial charge is 0.271 e. The zero-order valence-electron chi connectivity index (χ0n) is 16.2. The first-order valence-electron chi connectivity index (χ1n) is 9.08. The number of hydrazone groups is 1. The number of carbonyl (C=O) groups is 2. The molecule has 0 fully saturated rings. The highest BCUT2D eigenvalue weighted by Gasteiger charge is 2.13. The second kappa shape index (κ2) is 11.6. The fourth-order valence-corrected chi connectivity index (χ4v) is 4.36. The second-order valence-corrected chi connectivity index (χ2v) is 9.42. The van der Waals surface area contributed by atoms with Crippen LogP contribution in [0.25, 0.3) is 0 Å². The van der Waals surface area contributed by atoms with Crippen molar-refractivity contribution in [1.82, 2.24) is 5.43 Å². The number of carbonyl (C=O) groups excluding carboxylic acids is 2. The maximum Gasteiger partial charge on any atom is 0.271 e. The first-order chi connectivity index (χ1) is 15.3. The van der Waals surface area contributed by atoms with Gasteiger partial charge in [-0.1, -0.05) is 55.6 Å². The van der Waals surface area contributed by atoms with Crippen LogP contribution in [0.1, 0.15) is 15.9 Å². The molecule has 0 bridgehead atoms. The van der Waals surface area contributed by atoms with Crippen LogP contribution < -0.4 is 15.5 Å². The molecule has 32 heavy (non-hydrogen) atoms. The summed E-state index contributed by atoms with van der Waals surface area (Å²) in [5.74, 6) is -0.340. The summed E-state index contributed by atoms with van der Waals surface area (Å²) in [5.41, 5.74) is 3.98. The third-order valence-corrected chi connectivity index (χ3v) is 5.91. The Bertz CT molecular complexity index is 1170. The van der Waals surface area contributed by atoms with E-state index in [0.717, 1.165) is 8.95 Å². The van der Waals surface area contributed by atoms with E-state index in [1.165, 1.54) is 6.21 Å². The van der Waals surface area contributed by atoms with Gasteiger partial charge in [-0.2, -0.15) is 5.10 Å². The van der Waals surface area contributed by atoms with Gasteiger partial charge in [-0.05, 0) is 64.5 Å². The highest BCUT2D eigenvalue weighted by atomic mass is 79.9. The lowest BCUT2D eigenvalue weighted by atomic mass is 10.2. The van der Waals surface area contributed by atoms with E-state index in [9.17, 15) is 9.59 Å². The number of nitrogens with one attached hydrogen (secondary N) is 2. The summed E-state index contributed by atoms with van der Waals surface area (Å²) in [4.78, 5) is 24.5. The van der Waals surface area contributed by atoms with Crippen LogP contribution in [0.5, 0.6) is 5.75 Å². The van der Waals surface area contributed by atoms with Gasteiger partial charge >= 0.3 is 0 Å². The molecule has 0 aliphatic heterocycles. The van der Waals surface area contributed by atoms with E-state index >= 15 is 0 Å². The van der Waals surface area contributed by atoms with Gasteiger partial charge in [0.25, 0.3) is 11.8 Å². The molecule has 3 aromatic rings. The minimum atomic E-state index is -0.376. The van der Waals surface area contributed by atoms with Crippen LogP contribution in [-0.4, -0.2) is 24.6 Å². The lowest BCUT2D eigenvalue weighted by Crippen LogP contribution is -2.21. The van der Waals surface area contributed by atoms with Crippen LogP contribution in [0.3, 0.4) is 0 Å². The number of hydrogen-bond donors (Lipinski definition) is 2. The maximum absolute atomic E-state index is 12.3. The number of hydrogen-bond acceptors (Lipinski definition) is 4. The van der Waals surface area contributed by atoms with Crippen molar-refractivity contribution < 1.29 is 14.3 Å². The number of halogens is 4. The quantitative estimate of drug-likeness (QED) is 0.231.